The molecule has 0 aromatic carbocycles. The van der Waals surface area contributed by atoms with Crippen molar-refractivity contribution in [2.24, 2.45) is 0 Å². The van der Waals surface area contributed by atoms with Crippen molar-refractivity contribution in [1.29, 1.82) is 0 Å². The van der Waals surface area contributed by atoms with Crippen LogP contribution in [-0.2, 0) is 9.53 Å². The van der Waals surface area contributed by atoms with E-state index in [1.807, 2.05) is 6.92 Å². The van der Waals surface area contributed by atoms with Crippen LogP contribution in [0.2, 0.25) is 0 Å². The van der Waals surface area contributed by atoms with Crippen molar-refractivity contribution in [2.45, 2.75) is 45.6 Å². The van der Waals surface area contributed by atoms with Gasteiger partial charge in [0.25, 0.3) is 0 Å². The largest absolute Gasteiger partial charge is 0.465 e. The maximum absolute atomic E-state index is 11.0. The first kappa shape index (κ1) is 14.3. The first-order valence-corrected chi connectivity index (χ1v) is 5.29. The summed E-state index contributed by atoms with van der Waals surface area (Å²) in [7, 11) is 0. The van der Waals surface area contributed by atoms with Crippen molar-refractivity contribution < 1.29 is 18.3 Å². The molecule has 0 radical (unpaired) electrons. The maximum atomic E-state index is 11.0. The molecule has 0 unspecified atom stereocenters. The minimum absolute atomic E-state index is 0.0278. The van der Waals surface area contributed by atoms with Crippen LogP contribution in [0, 0.1) is 0 Å². The van der Waals surface area contributed by atoms with Crippen molar-refractivity contribution in [3.05, 3.63) is 0 Å². The third-order valence-corrected chi connectivity index (χ3v) is 1.94. The summed E-state index contributed by atoms with van der Waals surface area (Å²) >= 11 is 0. The van der Waals surface area contributed by atoms with Crippen LogP contribution in [0.25, 0.3) is 0 Å². The normalized spacial score (nSPS) is 19.7. The molecular formula is C10H19F2NO2. The highest BCUT2D eigenvalue weighted by Crippen LogP contribution is 2.05. The lowest BCUT2D eigenvalue weighted by Crippen LogP contribution is -2.32. The van der Waals surface area contributed by atoms with E-state index < -0.39 is 6.43 Å². The van der Waals surface area contributed by atoms with E-state index in [-0.39, 0.29) is 18.4 Å². The van der Waals surface area contributed by atoms with E-state index in [9.17, 15) is 13.6 Å². The molecule has 0 spiro atoms. The lowest BCUT2D eigenvalue weighted by molar-refractivity contribution is -0.145. The molecule has 0 aromatic heterocycles. The summed E-state index contributed by atoms with van der Waals surface area (Å²) in [6.07, 6.45) is -0.127. The van der Waals surface area contributed by atoms with Crippen LogP contribution in [0.15, 0.2) is 0 Å². The topological polar surface area (TPSA) is 38.3 Å². The number of esters is 1. The second kappa shape index (κ2) is 8.59. The predicted octanol–water partition coefficient (Wildman–Crippen LogP) is 1.96. The van der Waals surface area contributed by atoms with Gasteiger partial charge in [-0.15, -0.1) is 0 Å². The quantitative estimate of drug-likeness (QED) is 0.743. The molecule has 1 heterocycles. The number of carbonyl (C=O) groups is 1. The fourth-order valence-corrected chi connectivity index (χ4v) is 1.13. The van der Waals surface area contributed by atoms with Crippen molar-refractivity contribution >= 4 is 5.97 Å². The van der Waals surface area contributed by atoms with Crippen LogP contribution in [0.3, 0.4) is 0 Å². The minimum Gasteiger partial charge on any atom is -0.465 e. The first-order valence-electron chi connectivity index (χ1n) is 5.29. The van der Waals surface area contributed by atoms with E-state index >= 15 is 0 Å². The number of carbonyl (C=O) groups excluding carboxylic acids is 1. The fourth-order valence-electron chi connectivity index (χ4n) is 1.13. The van der Waals surface area contributed by atoms with Crippen LogP contribution in [0.5, 0.6) is 0 Å². The molecule has 0 aliphatic carbocycles. The predicted molar refractivity (Wildman–Crippen MR) is 54.0 cm³/mol. The van der Waals surface area contributed by atoms with Gasteiger partial charge in [-0.3, -0.25) is 4.79 Å². The van der Waals surface area contributed by atoms with Crippen LogP contribution < -0.4 is 5.32 Å². The van der Waals surface area contributed by atoms with Crippen molar-refractivity contribution in [2.75, 3.05) is 13.2 Å². The number of hydrogen-bond acceptors (Lipinski definition) is 3. The molecule has 1 aliphatic heterocycles. The van der Waals surface area contributed by atoms with E-state index in [0.29, 0.717) is 6.61 Å². The van der Waals surface area contributed by atoms with Gasteiger partial charge in [0.05, 0.1) is 6.61 Å². The molecule has 90 valence electrons. The lowest BCUT2D eigenvalue weighted by Gasteiger charge is -2.07. The van der Waals surface area contributed by atoms with E-state index in [1.54, 1.807) is 0 Å². The number of ether oxygens (including phenoxy) is 1. The highest BCUT2D eigenvalue weighted by molar-refractivity contribution is 5.76. The van der Waals surface area contributed by atoms with E-state index in [4.69, 9.17) is 4.74 Å². The van der Waals surface area contributed by atoms with Gasteiger partial charge < -0.3 is 10.1 Å². The zero-order valence-corrected chi connectivity index (χ0v) is 9.26. The Bertz CT molecular complexity index is 171. The summed E-state index contributed by atoms with van der Waals surface area (Å²) < 4.78 is 26.4. The molecule has 3 nitrogen and oxygen atoms in total. The fraction of sp³-hybridized carbons (Fsp3) is 0.900. The first-order chi connectivity index (χ1) is 7.11. The van der Waals surface area contributed by atoms with Gasteiger partial charge in [-0.05, 0) is 26.3 Å². The Kier molecular flexibility index (Phi) is 8.18. The minimum atomic E-state index is -2.12. The molecule has 0 bridgehead atoms. The highest BCUT2D eigenvalue weighted by atomic mass is 19.3. The van der Waals surface area contributed by atoms with E-state index in [2.05, 4.69) is 5.32 Å². The van der Waals surface area contributed by atoms with Crippen LogP contribution in [0.1, 0.15) is 33.1 Å². The van der Waals surface area contributed by atoms with Gasteiger partial charge in [-0.1, -0.05) is 6.92 Å². The van der Waals surface area contributed by atoms with Crippen molar-refractivity contribution in [1.82, 2.24) is 5.32 Å². The third-order valence-electron chi connectivity index (χ3n) is 1.94. The van der Waals surface area contributed by atoms with Gasteiger partial charge in [0.15, 0.2) is 0 Å². The summed E-state index contributed by atoms with van der Waals surface area (Å²) in [5.41, 5.74) is 0. The molecule has 0 amide bonds. The Morgan fingerprint density at radius 2 is 2.13 bits per heavy atom. The lowest BCUT2D eigenvalue weighted by atomic mass is 10.2. The van der Waals surface area contributed by atoms with Gasteiger partial charge in [-0.25, -0.2) is 8.78 Å². The average molecular weight is 223 g/mol. The molecule has 0 saturated carbocycles. The molecule has 1 aliphatic rings. The zero-order chi connectivity index (χ0) is 11.7. The Labute approximate surface area is 89.2 Å². The standard InChI is InChI=1S/C7H13NO2.C3H6F2/c1-2-10-7(9)6-4-3-5-8-6;1-2-3(4)5/h6,8H,2-5H2,1H3;3H,2H2,1H3/t6-;/m0./s1. The number of rotatable bonds is 3. The Hall–Kier alpha value is -0.710. The van der Waals surface area contributed by atoms with Gasteiger partial charge in [-0.2, -0.15) is 0 Å². The number of hydrogen-bond donors (Lipinski definition) is 1. The summed E-state index contributed by atoms with van der Waals surface area (Å²) in [5.74, 6) is -0.0972. The molecule has 1 rings (SSSR count). The number of nitrogens with one attached hydrogen (secondary N) is 1. The Morgan fingerprint density at radius 1 is 1.53 bits per heavy atom. The maximum Gasteiger partial charge on any atom is 0.323 e. The van der Waals surface area contributed by atoms with Crippen LogP contribution >= 0.6 is 0 Å². The Morgan fingerprint density at radius 3 is 2.47 bits per heavy atom. The number of halogens is 2. The van der Waals surface area contributed by atoms with Crippen LogP contribution in [0.4, 0.5) is 8.78 Å². The summed E-state index contributed by atoms with van der Waals surface area (Å²) in [5, 5.41) is 3.07. The molecule has 1 saturated heterocycles. The SMILES string of the molecule is CCC(F)F.CCOC(=O)[C@@H]1CCCN1. The molecule has 1 fully saturated rings. The summed E-state index contributed by atoms with van der Waals surface area (Å²) in [4.78, 5) is 11.0. The molecule has 5 heteroatoms. The average Bonchev–Trinajstić information content (AvgIpc) is 2.72. The monoisotopic (exact) mass is 223 g/mol. The molecule has 1 atom stereocenters. The molecular weight excluding hydrogens is 204 g/mol. The Balaban J connectivity index is 0.000000336. The van der Waals surface area contributed by atoms with Crippen molar-refractivity contribution in [3.8, 4) is 0 Å². The molecule has 15 heavy (non-hydrogen) atoms. The molecule has 1 N–H and O–H groups in total. The number of alkyl halides is 2. The van der Waals surface area contributed by atoms with Gasteiger partial charge >= 0.3 is 5.97 Å². The van der Waals surface area contributed by atoms with Gasteiger partial charge in [0, 0.05) is 6.42 Å². The van der Waals surface area contributed by atoms with Crippen LogP contribution in [-0.4, -0.2) is 31.6 Å². The van der Waals surface area contributed by atoms with Crippen molar-refractivity contribution in [3.63, 3.8) is 0 Å². The highest BCUT2D eigenvalue weighted by Gasteiger charge is 2.22. The van der Waals surface area contributed by atoms with E-state index in [1.165, 1.54) is 6.92 Å². The second-order valence-corrected chi connectivity index (χ2v) is 3.20. The molecule has 0 aromatic rings. The zero-order valence-electron chi connectivity index (χ0n) is 9.26. The third kappa shape index (κ3) is 7.25. The van der Waals surface area contributed by atoms with Gasteiger partial charge in [0.1, 0.15) is 6.04 Å². The summed E-state index contributed by atoms with van der Waals surface area (Å²) in [6, 6.07) is -0.0278. The van der Waals surface area contributed by atoms with Gasteiger partial charge in [0.2, 0.25) is 6.43 Å². The second-order valence-electron chi connectivity index (χ2n) is 3.20. The van der Waals surface area contributed by atoms with E-state index in [0.717, 1.165) is 19.4 Å². The summed E-state index contributed by atoms with van der Waals surface area (Å²) in [6.45, 7) is 4.71. The smallest absolute Gasteiger partial charge is 0.323 e.